The largest absolute Gasteiger partial charge is 0.375 e. The minimum atomic E-state index is -0.0277. The molecule has 0 aromatic rings. The fourth-order valence-electron chi connectivity index (χ4n) is 2.77. The van der Waals surface area contributed by atoms with E-state index < -0.39 is 0 Å². The molecule has 1 fully saturated rings. The molecule has 0 aromatic heterocycles. The van der Waals surface area contributed by atoms with Crippen LogP contribution in [0.15, 0.2) is 0 Å². The van der Waals surface area contributed by atoms with Gasteiger partial charge in [-0.2, -0.15) is 0 Å². The molecule has 4 heteroatoms. The van der Waals surface area contributed by atoms with Gasteiger partial charge in [-0.25, -0.2) is 0 Å². The molecule has 0 radical (unpaired) electrons. The Morgan fingerprint density at radius 1 is 1.42 bits per heavy atom. The lowest BCUT2D eigenvalue weighted by molar-refractivity contribution is -0.132. The first-order valence-electron chi connectivity index (χ1n) is 7.48. The van der Waals surface area contributed by atoms with E-state index in [1.165, 1.54) is 0 Å². The molecule has 1 aliphatic rings. The molecule has 4 nitrogen and oxygen atoms in total. The predicted molar refractivity (Wildman–Crippen MR) is 77.8 cm³/mol. The lowest BCUT2D eigenvalue weighted by Crippen LogP contribution is -2.41. The number of carbonyl (C=O) groups is 1. The van der Waals surface area contributed by atoms with Crippen molar-refractivity contribution < 1.29 is 9.53 Å². The Balaban J connectivity index is 2.58. The second-order valence-corrected chi connectivity index (χ2v) is 6.54. The first kappa shape index (κ1) is 16.4. The minimum absolute atomic E-state index is 0.0277. The fourth-order valence-corrected chi connectivity index (χ4v) is 2.77. The molecule has 0 aromatic carbocycles. The number of ether oxygens (including phenoxy) is 1. The lowest BCUT2D eigenvalue weighted by Gasteiger charge is -2.30. The third kappa shape index (κ3) is 5.11. The Hall–Kier alpha value is -0.610. The van der Waals surface area contributed by atoms with Gasteiger partial charge in [-0.1, -0.05) is 20.8 Å². The van der Waals surface area contributed by atoms with Crippen LogP contribution in [-0.4, -0.2) is 43.2 Å². The van der Waals surface area contributed by atoms with E-state index in [1.54, 1.807) is 0 Å². The van der Waals surface area contributed by atoms with Crippen LogP contribution in [0.1, 0.15) is 47.0 Å². The van der Waals surface area contributed by atoms with Crippen molar-refractivity contribution in [3.8, 4) is 0 Å². The molecule has 2 N–H and O–H groups in total. The van der Waals surface area contributed by atoms with Crippen molar-refractivity contribution in [3.05, 3.63) is 0 Å². The molecule has 2 atom stereocenters. The van der Waals surface area contributed by atoms with Gasteiger partial charge < -0.3 is 15.4 Å². The summed E-state index contributed by atoms with van der Waals surface area (Å²) in [6.07, 6.45) is 2.71. The van der Waals surface area contributed by atoms with E-state index >= 15 is 0 Å². The van der Waals surface area contributed by atoms with Gasteiger partial charge in [0, 0.05) is 32.7 Å². The molecule has 0 aliphatic carbocycles. The van der Waals surface area contributed by atoms with Crippen molar-refractivity contribution in [2.75, 3.05) is 26.2 Å². The summed E-state index contributed by atoms with van der Waals surface area (Å²) in [7, 11) is 0. The fraction of sp³-hybridized carbons (Fsp3) is 0.933. The molecule has 112 valence electrons. The molecule has 0 bridgehead atoms. The van der Waals surface area contributed by atoms with Crippen molar-refractivity contribution in [2.45, 2.75) is 53.1 Å². The number of rotatable bonds is 5. The minimum Gasteiger partial charge on any atom is -0.375 e. The Morgan fingerprint density at radius 3 is 2.63 bits per heavy atom. The van der Waals surface area contributed by atoms with Crippen LogP contribution < -0.4 is 5.73 Å². The summed E-state index contributed by atoms with van der Waals surface area (Å²) in [6.45, 7) is 11.4. The average molecular weight is 270 g/mol. The van der Waals surface area contributed by atoms with Crippen molar-refractivity contribution in [2.24, 2.45) is 17.1 Å². The van der Waals surface area contributed by atoms with Crippen molar-refractivity contribution in [1.82, 2.24) is 4.90 Å². The van der Waals surface area contributed by atoms with Gasteiger partial charge in [-0.15, -0.1) is 0 Å². The standard InChI is InChI=1S/C15H30N2O2/c1-5-19-13(10-16)11-17-9-8-12(15(2,3)4)6-7-14(17)18/h12-13H,5-11,16H2,1-4H3. The molecule has 0 saturated carbocycles. The normalized spacial score (nSPS) is 23.3. The van der Waals surface area contributed by atoms with Gasteiger partial charge >= 0.3 is 0 Å². The molecular formula is C15H30N2O2. The van der Waals surface area contributed by atoms with Crippen LogP contribution in [0, 0.1) is 11.3 Å². The molecular weight excluding hydrogens is 240 g/mol. The van der Waals surface area contributed by atoms with E-state index in [9.17, 15) is 4.79 Å². The topological polar surface area (TPSA) is 55.6 Å². The van der Waals surface area contributed by atoms with E-state index in [0.717, 1.165) is 19.4 Å². The number of nitrogens with two attached hydrogens (primary N) is 1. The monoisotopic (exact) mass is 270 g/mol. The summed E-state index contributed by atoms with van der Waals surface area (Å²) in [4.78, 5) is 14.1. The summed E-state index contributed by atoms with van der Waals surface area (Å²) < 4.78 is 5.56. The average Bonchev–Trinajstić information content (AvgIpc) is 2.51. The van der Waals surface area contributed by atoms with Gasteiger partial charge in [0.2, 0.25) is 5.91 Å². The predicted octanol–water partition coefficient (Wildman–Crippen LogP) is 2.02. The Bertz CT molecular complexity index is 286. The number of likely N-dealkylation sites (tertiary alicyclic amines) is 1. The Kier molecular flexibility index (Phi) is 6.27. The smallest absolute Gasteiger partial charge is 0.222 e. The molecule has 1 amide bonds. The van der Waals surface area contributed by atoms with Gasteiger partial charge in [-0.05, 0) is 31.1 Å². The Morgan fingerprint density at radius 2 is 2.11 bits per heavy atom. The van der Waals surface area contributed by atoms with Crippen LogP contribution >= 0.6 is 0 Å². The van der Waals surface area contributed by atoms with E-state index in [2.05, 4.69) is 20.8 Å². The summed E-state index contributed by atoms with van der Waals surface area (Å²) in [5, 5.41) is 0. The van der Waals surface area contributed by atoms with Crippen LogP contribution in [0.4, 0.5) is 0 Å². The van der Waals surface area contributed by atoms with Crippen molar-refractivity contribution in [3.63, 3.8) is 0 Å². The van der Waals surface area contributed by atoms with Crippen LogP contribution in [-0.2, 0) is 9.53 Å². The highest BCUT2D eigenvalue weighted by molar-refractivity contribution is 5.76. The number of amides is 1. The number of nitrogens with zero attached hydrogens (tertiary/aromatic N) is 1. The SMILES string of the molecule is CCOC(CN)CN1CCC(C(C)(C)C)CCC1=O. The van der Waals surface area contributed by atoms with E-state index in [1.807, 2.05) is 11.8 Å². The van der Waals surface area contributed by atoms with Gasteiger partial charge in [0.15, 0.2) is 0 Å². The molecule has 1 saturated heterocycles. The maximum absolute atomic E-state index is 12.2. The molecule has 2 unspecified atom stereocenters. The highest BCUT2D eigenvalue weighted by Gasteiger charge is 2.30. The van der Waals surface area contributed by atoms with Gasteiger partial charge in [0.05, 0.1) is 6.10 Å². The zero-order chi connectivity index (χ0) is 14.5. The maximum Gasteiger partial charge on any atom is 0.222 e. The quantitative estimate of drug-likeness (QED) is 0.831. The second-order valence-electron chi connectivity index (χ2n) is 6.54. The highest BCUT2D eigenvalue weighted by Crippen LogP contribution is 2.34. The first-order valence-corrected chi connectivity index (χ1v) is 7.48. The third-order valence-electron chi connectivity index (χ3n) is 4.12. The van der Waals surface area contributed by atoms with Gasteiger partial charge in [-0.3, -0.25) is 4.79 Å². The Labute approximate surface area is 117 Å². The highest BCUT2D eigenvalue weighted by atomic mass is 16.5. The first-order chi connectivity index (χ1) is 8.88. The summed E-state index contributed by atoms with van der Waals surface area (Å²) in [5.41, 5.74) is 5.98. The van der Waals surface area contributed by atoms with E-state index in [4.69, 9.17) is 10.5 Å². The second kappa shape index (κ2) is 7.25. The zero-order valence-corrected chi connectivity index (χ0v) is 12.9. The lowest BCUT2D eigenvalue weighted by atomic mass is 9.77. The molecule has 1 heterocycles. The van der Waals surface area contributed by atoms with E-state index in [-0.39, 0.29) is 17.4 Å². The zero-order valence-electron chi connectivity index (χ0n) is 12.9. The summed E-state index contributed by atoms with van der Waals surface area (Å²) in [6, 6.07) is 0. The molecule has 1 rings (SSSR count). The number of hydrogen-bond donors (Lipinski definition) is 1. The maximum atomic E-state index is 12.2. The van der Waals surface area contributed by atoms with Gasteiger partial charge in [0.25, 0.3) is 0 Å². The van der Waals surface area contributed by atoms with Crippen LogP contribution in [0.25, 0.3) is 0 Å². The van der Waals surface area contributed by atoms with Crippen molar-refractivity contribution >= 4 is 5.91 Å². The summed E-state index contributed by atoms with van der Waals surface area (Å²) in [5.74, 6) is 0.870. The number of hydrogen-bond acceptors (Lipinski definition) is 3. The summed E-state index contributed by atoms with van der Waals surface area (Å²) >= 11 is 0. The van der Waals surface area contributed by atoms with Crippen molar-refractivity contribution in [1.29, 1.82) is 0 Å². The van der Waals surface area contributed by atoms with Crippen LogP contribution in [0.2, 0.25) is 0 Å². The van der Waals surface area contributed by atoms with Crippen LogP contribution in [0.5, 0.6) is 0 Å². The number of carbonyl (C=O) groups excluding carboxylic acids is 1. The molecule has 19 heavy (non-hydrogen) atoms. The van der Waals surface area contributed by atoms with Gasteiger partial charge in [0.1, 0.15) is 0 Å². The molecule has 0 spiro atoms. The van der Waals surface area contributed by atoms with E-state index in [0.29, 0.717) is 32.0 Å². The third-order valence-corrected chi connectivity index (χ3v) is 4.12. The van der Waals surface area contributed by atoms with Crippen LogP contribution in [0.3, 0.4) is 0 Å². The molecule has 1 aliphatic heterocycles.